The summed E-state index contributed by atoms with van der Waals surface area (Å²) in [5, 5.41) is 9.84. The van der Waals surface area contributed by atoms with Crippen molar-refractivity contribution in [3.8, 4) is 0 Å². The van der Waals surface area contributed by atoms with Gasteiger partial charge in [-0.15, -0.1) is 0 Å². The topological polar surface area (TPSA) is 153 Å². The third-order valence-electron chi connectivity index (χ3n) is 4.81. The Morgan fingerprint density at radius 3 is 2.77 bits per heavy atom. The van der Waals surface area contributed by atoms with Gasteiger partial charge in [-0.1, -0.05) is 6.92 Å². The summed E-state index contributed by atoms with van der Waals surface area (Å²) in [5.41, 5.74) is 12.7. The number of rotatable bonds is 10. The number of hydrogen-bond acceptors (Lipinski definition) is 9. The Balaban J connectivity index is 1.85. The SMILES string of the molecule is CCc1nc(C(N)=O)c(Nc2ccnc(NCCCN)c2)nc1NC1CCOCC1. The summed E-state index contributed by atoms with van der Waals surface area (Å²) >= 11 is 0. The molecule has 0 bridgehead atoms. The molecule has 1 fully saturated rings. The van der Waals surface area contributed by atoms with Crippen molar-refractivity contribution in [2.75, 3.05) is 42.3 Å². The molecule has 1 aliphatic rings. The van der Waals surface area contributed by atoms with E-state index in [0.29, 0.717) is 49.3 Å². The van der Waals surface area contributed by atoms with Crippen molar-refractivity contribution in [1.29, 1.82) is 0 Å². The second-order valence-electron chi connectivity index (χ2n) is 7.09. The van der Waals surface area contributed by atoms with Gasteiger partial charge in [-0.3, -0.25) is 4.79 Å². The van der Waals surface area contributed by atoms with Crippen LogP contribution in [0.15, 0.2) is 18.3 Å². The van der Waals surface area contributed by atoms with Crippen LogP contribution in [0.5, 0.6) is 0 Å². The van der Waals surface area contributed by atoms with Gasteiger partial charge in [0.1, 0.15) is 5.82 Å². The maximum Gasteiger partial charge on any atom is 0.271 e. The Labute approximate surface area is 176 Å². The Morgan fingerprint density at radius 2 is 2.07 bits per heavy atom. The van der Waals surface area contributed by atoms with Gasteiger partial charge < -0.3 is 32.2 Å². The molecule has 1 amide bonds. The van der Waals surface area contributed by atoms with Crippen molar-refractivity contribution >= 4 is 29.0 Å². The molecule has 1 aliphatic heterocycles. The molecule has 3 rings (SSSR count). The molecule has 30 heavy (non-hydrogen) atoms. The zero-order chi connectivity index (χ0) is 21.3. The van der Waals surface area contributed by atoms with Gasteiger partial charge in [0.05, 0.1) is 5.69 Å². The first-order valence-electron chi connectivity index (χ1n) is 10.3. The van der Waals surface area contributed by atoms with Gasteiger partial charge in [-0.05, 0) is 38.3 Å². The third kappa shape index (κ3) is 5.77. The second-order valence-corrected chi connectivity index (χ2v) is 7.09. The molecule has 0 aromatic carbocycles. The quantitative estimate of drug-likeness (QED) is 0.365. The van der Waals surface area contributed by atoms with E-state index in [0.717, 1.165) is 31.5 Å². The number of nitrogens with two attached hydrogens (primary N) is 2. The number of hydrogen-bond donors (Lipinski definition) is 5. The summed E-state index contributed by atoms with van der Waals surface area (Å²) in [4.78, 5) is 25.5. The van der Waals surface area contributed by atoms with E-state index in [1.54, 1.807) is 12.3 Å². The maximum atomic E-state index is 12.0. The number of carbonyl (C=O) groups excluding carboxylic acids is 1. The molecule has 3 heterocycles. The Kier molecular flexibility index (Phi) is 7.75. The predicted molar refractivity (Wildman–Crippen MR) is 117 cm³/mol. The van der Waals surface area contributed by atoms with Crippen molar-refractivity contribution < 1.29 is 9.53 Å². The average molecular weight is 415 g/mol. The van der Waals surface area contributed by atoms with Crippen LogP contribution in [0.1, 0.15) is 42.4 Å². The van der Waals surface area contributed by atoms with E-state index in [2.05, 4.69) is 30.9 Å². The van der Waals surface area contributed by atoms with Gasteiger partial charge in [0.2, 0.25) is 0 Å². The molecule has 0 saturated carbocycles. The first kappa shape index (κ1) is 21.7. The molecule has 0 aliphatic carbocycles. The number of aryl methyl sites for hydroxylation is 1. The molecule has 0 atom stereocenters. The van der Waals surface area contributed by atoms with Gasteiger partial charge >= 0.3 is 0 Å². The Hall–Kier alpha value is -2.98. The van der Waals surface area contributed by atoms with Gasteiger partial charge in [0.25, 0.3) is 5.91 Å². The van der Waals surface area contributed by atoms with Crippen molar-refractivity contribution in [3.05, 3.63) is 29.7 Å². The number of primary amides is 1. The van der Waals surface area contributed by atoms with Gasteiger partial charge in [-0.25, -0.2) is 15.0 Å². The molecule has 0 radical (unpaired) electrons. The van der Waals surface area contributed by atoms with Crippen LogP contribution in [0.2, 0.25) is 0 Å². The van der Waals surface area contributed by atoms with Crippen LogP contribution in [0.25, 0.3) is 0 Å². The minimum atomic E-state index is -0.632. The summed E-state index contributed by atoms with van der Waals surface area (Å²) < 4.78 is 5.43. The lowest BCUT2D eigenvalue weighted by Crippen LogP contribution is -2.29. The highest BCUT2D eigenvalue weighted by Gasteiger charge is 2.20. The largest absolute Gasteiger partial charge is 0.381 e. The maximum absolute atomic E-state index is 12.0. The fourth-order valence-electron chi connectivity index (χ4n) is 3.19. The summed E-state index contributed by atoms with van der Waals surface area (Å²) in [6, 6.07) is 3.88. The van der Waals surface area contributed by atoms with E-state index in [9.17, 15) is 4.79 Å². The molecule has 2 aromatic rings. The van der Waals surface area contributed by atoms with E-state index in [-0.39, 0.29) is 11.7 Å². The van der Waals surface area contributed by atoms with Gasteiger partial charge in [0, 0.05) is 43.8 Å². The van der Waals surface area contributed by atoms with Crippen LogP contribution < -0.4 is 27.4 Å². The zero-order valence-corrected chi connectivity index (χ0v) is 17.3. The summed E-state index contributed by atoms with van der Waals surface area (Å²) in [7, 11) is 0. The zero-order valence-electron chi connectivity index (χ0n) is 17.3. The monoisotopic (exact) mass is 414 g/mol. The molecule has 162 valence electrons. The standard InChI is InChI=1S/C20H30N8O2/c1-2-15-19(25-13-5-10-30-11-6-13)28-20(17(27-15)18(22)29)26-14-4-9-24-16(12-14)23-8-3-7-21/h4,9,12-13H,2-3,5-8,10-11,21H2,1H3,(H2,22,29)(H3,23,24,25,26,28). The predicted octanol–water partition coefficient (Wildman–Crippen LogP) is 1.63. The average Bonchev–Trinajstić information content (AvgIpc) is 2.75. The third-order valence-corrected chi connectivity index (χ3v) is 4.81. The second kappa shape index (κ2) is 10.7. The molecule has 10 nitrogen and oxygen atoms in total. The smallest absolute Gasteiger partial charge is 0.271 e. The minimum absolute atomic E-state index is 0.110. The number of ether oxygens (including phenoxy) is 1. The van der Waals surface area contributed by atoms with Crippen LogP contribution >= 0.6 is 0 Å². The fraction of sp³-hybridized carbons (Fsp3) is 0.500. The normalized spacial score (nSPS) is 14.3. The molecular formula is C20H30N8O2. The summed E-state index contributed by atoms with van der Waals surface area (Å²) in [6.07, 6.45) is 4.94. The van der Waals surface area contributed by atoms with Crippen molar-refractivity contribution in [2.45, 2.75) is 38.6 Å². The molecule has 10 heteroatoms. The molecular weight excluding hydrogens is 384 g/mol. The number of nitrogens with one attached hydrogen (secondary N) is 3. The highest BCUT2D eigenvalue weighted by molar-refractivity contribution is 5.96. The number of anilines is 4. The number of pyridine rings is 1. The number of amides is 1. The van der Waals surface area contributed by atoms with Crippen LogP contribution in [0.4, 0.5) is 23.1 Å². The number of aromatic nitrogens is 3. The first-order chi connectivity index (χ1) is 14.6. The molecule has 0 spiro atoms. The lowest BCUT2D eigenvalue weighted by Gasteiger charge is -2.25. The van der Waals surface area contributed by atoms with Crippen LogP contribution in [0.3, 0.4) is 0 Å². The van der Waals surface area contributed by atoms with Crippen molar-refractivity contribution in [2.24, 2.45) is 11.5 Å². The Morgan fingerprint density at radius 1 is 1.27 bits per heavy atom. The highest BCUT2D eigenvalue weighted by atomic mass is 16.5. The molecule has 0 unspecified atom stereocenters. The lowest BCUT2D eigenvalue weighted by molar-refractivity contribution is 0.0903. The van der Waals surface area contributed by atoms with E-state index in [1.807, 2.05) is 13.0 Å². The number of carbonyl (C=O) groups is 1. The van der Waals surface area contributed by atoms with E-state index < -0.39 is 5.91 Å². The van der Waals surface area contributed by atoms with E-state index in [1.165, 1.54) is 0 Å². The Bertz CT molecular complexity index is 855. The molecule has 7 N–H and O–H groups in total. The first-order valence-corrected chi connectivity index (χ1v) is 10.3. The van der Waals surface area contributed by atoms with E-state index in [4.69, 9.17) is 16.2 Å². The van der Waals surface area contributed by atoms with Crippen LogP contribution in [-0.4, -0.2) is 53.2 Å². The van der Waals surface area contributed by atoms with Crippen molar-refractivity contribution in [3.63, 3.8) is 0 Å². The number of nitrogens with zero attached hydrogens (tertiary/aromatic N) is 3. The summed E-state index contributed by atoms with van der Waals surface area (Å²) in [6.45, 7) is 4.74. The lowest BCUT2D eigenvalue weighted by atomic mass is 10.1. The van der Waals surface area contributed by atoms with Gasteiger partial charge in [0.15, 0.2) is 17.3 Å². The van der Waals surface area contributed by atoms with Gasteiger partial charge in [-0.2, -0.15) is 0 Å². The summed E-state index contributed by atoms with van der Waals surface area (Å²) in [5.74, 6) is 1.04. The van der Waals surface area contributed by atoms with E-state index >= 15 is 0 Å². The van der Waals surface area contributed by atoms with Crippen LogP contribution in [0, 0.1) is 0 Å². The molecule has 2 aromatic heterocycles. The fourth-order valence-corrected chi connectivity index (χ4v) is 3.19. The van der Waals surface area contributed by atoms with Crippen LogP contribution in [-0.2, 0) is 11.2 Å². The highest BCUT2D eigenvalue weighted by Crippen LogP contribution is 2.25. The van der Waals surface area contributed by atoms with Crippen molar-refractivity contribution in [1.82, 2.24) is 15.0 Å². The minimum Gasteiger partial charge on any atom is -0.381 e. The molecule has 1 saturated heterocycles.